The van der Waals surface area contributed by atoms with Crippen molar-refractivity contribution in [3.8, 4) is 0 Å². The summed E-state index contributed by atoms with van der Waals surface area (Å²) in [4.78, 5) is 0. The molecule has 0 aliphatic heterocycles. The molecule has 0 aromatic carbocycles. The number of alkyl halides is 2. The SMILES string of the molecule is CNC(C)(C(F)F)C1CCCC1. The van der Waals surface area contributed by atoms with E-state index in [0.29, 0.717) is 0 Å². The first kappa shape index (κ1) is 9.90. The lowest BCUT2D eigenvalue weighted by Gasteiger charge is -2.34. The maximum absolute atomic E-state index is 12.7. The van der Waals surface area contributed by atoms with Crippen molar-refractivity contribution in [3.63, 3.8) is 0 Å². The van der Waals surface area contributed by atoms with Gasteiger partial charge in [0.05, 0.1) is 5.54 Å². The fourth-order valence-electron chi connectivity index (χ4n) is 2.02. The fraction of sp³-hybridized carbons (Fsp3) is 1.00. The Morgan fingerprint density at radius 1 is 1.33 bits per heavy atom. The van der Waals surface area contributed by atoms with Gasteiger partial charge in [0.25, 0.3) is 6.43 Å². The highest BCUT2D eigenvalue weighted by atomic mass is 19.3. The average molecular weight is 177 g/mol. The van der Waals surface area contributed by atoms with E-state index < -0.39 is 12.0 Å². The Balaban J connectivity index is 2.64. The quantitative estimate of drug-likeness (QED) is 0.698. The minimum absolute atomic E-state index is 0.155. The third kappa shape index (κ3) is 1.60. The van der Waals surface area contributed by atoms with Crippen molar-refractivity contribution >= 4 is 0 Å². The third-order valence-electron chi connectivity index (χ3n) is 3.20. The van der Waals surface area contributed by atoms with Gasteiger partial charge in [-0.1, -0.05) is 12.8 Å². The molecular formula is C9H17F2N. The molecule has 1 unspecified atom stereocenters. The highest BCUT2D eigenvalue weighted by molar-refractivity contribution is 4.93. The number of nitrogens with one attached hydrogen (secondary N) is 1. The van der Waals surface area contributed by atoms with Gasteiger partial charge in [0.2, 0.25) is 0 Å². The van der Waals surface area contributed by atoms with Gasteiger partial charge in [0, 0.05) is 0 Å². The Hall–Kier alpha value is -0.180. The Labute approximate surface area is 72.5 Å². The van der Waals surface area contributed by atoms with Crippen molar-refractivity contribution in [1.29, 1.82) is 0 Å². The van der Waals surface area contributed by atoms with E-state index in [2.05, 4.69) is 5.32 Å². The van der Waals surface area contributed by atoms with Crippen LogP contribution in [0.25, 0.3) is 0 Å². The van der Waals surface area contributed by atoms with Gasteiger partial charge >= 0.3 is 0 Å². The summed E-state index contributed by atoms with van der Waals surface area (Å²) in [7, 11) is 1.63. The molecule has 3 heteroatoms. The first-order valence-electron chi connectivity index (χ1n) is 4.58. The van der Waals surface area contributed by atoms with E-state index in [1.165, 1.54) is 0 Å². The van der Waals surface area contributed by atoms with E-state index in [9.17, 15) is 8.78 Å². The summed E-state index contributed by atoms with van der Waals surface area (Å²) in [5.41, 5.74) is -0.962. The normalized spacial score (nSPS) is 24.8. The monoisotopic (exact) mass is 177 g/mol. The molecule has 0 radical (unpaired) electrons. The molecule has 0 aromatic heterocycles. The van der Waals surface area contributed by atoms with Gasteiger partial charge in [-0.15, -0.1) is 0 Å². The molecule has 0 bridgehead atoms. The average Bonchev–Trinajstić information content (AvgIpc) is 2.54. The van der Waals surface area contributed by atoms with Crippen LogP contribution in [0.1, 0.15) is 32.6 Å². The van der Waals surface area contributed by atoms with Crippen LogP contribution in [-0.2, 0) is 0 Å². The molecule has 1 rings (SSSR count). The summed E-state index contributed by atoms with van der Waals surface area (Å²) in [5.74, 6) is 0.155. The first-order valence-corrected chi connectivity index (χ1v) is 4.58. The number of hydrogen-bond acceptors (Lipinski definition) is 1. The summed E-state index contributed by atoms with van der Waals surface area (Å²) in [6.45, 7) is 1.63. The topological polar surface area (TPSA) is 12.0 Å². The number of halogens is 2. The summed E-state index contributed by atoms with van der Waals surface area (Å²) in [5, 5.41) is 2.77. The maximum atomic E-state index is 12.7. The largest absolute Gasteiger partial charge is 0.309 e. The lowest BCUT2D eigenvalue weighted by molar-refractivity contribution is 0.00986. The lowest BCUT2D eigenvalue weighted by atomic mass is 9.85. The predicted molar refractivity (Wildman–Crippen MR) is 45.4 cm³/mol. The van der Waals surface area contributed by atoms with Crippen LogP contribution >= 0.6 is 0 Å². The minimum Gasteiger partial charge on any atom is -0.309 e. The van der Waals surface area contributed by atoms with Gasteiger partial charge in [-0.25, -0.2) is 8.78 Å². The molecule has 1 saturated carbocycles. The molecular weight excluding hydrogens is 160 g/mol. The fourth-order valence-corrected chi connectivity index (χ4v) is 2.02. The number of rotatable bonds is 3. The van der Waals surface area contributed by atoms with Crippen molar-refractivity contribution in [2.24, 2.45) is 5.92 Å². The Bertz CT molecular complexity index is 143. The van der Waals surface area contributed by atoms with Crippen molar-refractivity contribution in [2.45, 2.75) is 44.6 Å². The summed E-state index contributed by atoms with van der Waals surface area (Å²) < 4.78 is 25.3. The second-order valence-electron chi connectivity index (χ2n) is 3.81. The van der Waals surface area contributed by atoms with Crippen LogP contribution in [0.5, 0.6) is 0 Å². The van der Waals surface area contributed by atoms with Gasteiger partial charge in [-0.05, 0) is 32.7 Å². The van der Waals surface area contributed by atoms with Crippen LogP contribution in [0.15, 0.2) is 0 Å². The highest BCUT2D eigenvalue weighted by Crippen LogP contribution is 2.37. The van der Waals surface area contributed by atoms with Crippen molar-refractivity contribution < 1.29 is 8.78 Å². The van der Waals surface area contributed by atoms with E-state index in [4.69, 9.17) is 0 Å². The van der Waals surface area contributed by atoms with Crippen molar-refractivity contribution in [2.75, 3.05) is 7.05 Å². The Kier molecular flexibility index (Phi) is 3.04. The van der Waals surface area contributed by atoms with Crippen LogP contribution in [0, 0.1) is 5.92 Å². The highest BCUT2D eigenvalue weighted by Gasteiger charge is 2.42. The van der Waals surface area contributed by atoms with E-state index in [0.717, 1.165) is 25.7 Å². The van der Waals surface area contributed by atoms with Crippen LogP contribution in [-0.4, -0.2) is 19.0 Å². The van der Waals surface area contributed by atoms with E-state index in [1.807, 2.05) is 0 Å². The van der Waals surface area contributed by atoms with E-state index in [-0.39, 0.29) is 5.92 Å². The first-order chi connectivity index (χ1) is 5.61. The van der Waals surface area contributed by atoms with E-state index in [1.54, 1.807) is 14.0 Å². The Morgan fingerprint density at radius 2 is 1.83 bits per heavy atom. The van der Waals surface area contributed by atoms with Gasteiger partial charge in [-0.3, -0.25) is 0 Å². The zero-order valence-electron chi connectivity index (χ0n) is 7.74. The molecule has 1 atom stereocenters. The zero-order chi connectivity index (χ0) is 9.19. The molecule has 0 aromatic rings. The molecule has 0 spiro atoms. The third-order valence-corrected chi connectivity index (χ3v) is 3.20. The van der Waals surface area contributed by atoms with Crippen LogP contribution in [0.3, 0.4) is 0 Å². The van der Waals surface area contributed by atoms with Gasteiger partial charge in [0.15, 0.2) is 0 Å². The molecule has 1 fully saturated rings. The lowest BCUT2D eigenvalue weighted by Crippen LogP contribution is -2.52. The summed E-state index contributed by atoms with van der Waals surface area (Å²) >= 11 is 0. The second kappa shape index (κ2) is 3.69. The molecule has 0 saturated heterocycles. The Morgan fingerprint density at radius 3 is 2.17 bits per heavy atom. The standard InChI is InChI=1S/C9H17F2N/c1-9(12-2,8(10)11)7-5-3-4-6-7/h7-8,12H,3-6H2,1-2H3. The zero-order valence-corrected chi connectivity index (χ0v) is 7.74. The molecule has 12 heavy (non-hydrogen) atoms. The molecule has 0 amide bonds. The molecule has 72 valence electrons. The molecule has 1 N–H and O–H groups in total. The van der Waals surface area contributed by atoms with Gasteiger partial charge in [0.1, 0.15) is 0 Å². The molecule has 1 nitrogen and oxygen atoms in total. The number of hydrogen-bond donors (Lipinski definition) is 1. The minimum atomic E-state index is -2.26. The molecule has 1 aliphatic carbocycles. The van der Waals surface area contributed by atoms with Crippen LogP contribution in [0.2, 0.25) is 0 Å². The van der Waals surface area contributed by atoms with E-state index >= 15 is 0 Å². The molecule has 1 aliphatic rings. The predicted octanol–water partition coefficient (Wildman–Crippen LogP) is 2.42. The van der Waals surface area contributed by atoms with Gasteiger partial charge in [-0.2, -0.15) is 0 Å². The summed E-state index contributed by atoms with van der Waals surface area (Å²) in [6, 6.07) is 0. The maximum Gasteiger partial charge on any atom is 0.256 e. The van der Waals surface area contributed by atoms with Gasteiger partial charge < -0.3 is 5.32 Å². The van der Waals surface area contributed by atoms with Crippen molar-refractivity contribution in [3.05, 3.63) is 0 Å². The van der Waals surface area contributed by atoms with Crippen LogP contribution in [0.4, 0.5) is 8.78 Å². The molecule has 0 heterocycles. The van der Waals surface area contributed by atoms with Crippen molar-refractivity contribution in [1.82, 2.24) is 5.32 Å². The van der Waals surface area contributed by atoms with Crippen LogP contribution < -0.4 is 5.32 Å². The smallest absolute Gasteiger partial charge is 0.256 e. The second-order valence-corrected chi connectivity index (χ2v) is 3.81. The summed E-state index contributed by atoms with van der Waals surface area (Å²) in [6.07, 6.45) is 1.85.